The van der Waals surface area contributed by atoms with Crippen LogP contribution in [0.15, 0.2) is 102 Å². The molecule has 0 aliphatic rings. The van der Waals surface area contributed by atoms with Gasteiger partial charge in [-0.2, -0.15) is 0 Å². The fourth-order valence-corrected chi connectivity index (χ4v) is 6.98. The van der Waals surface area contributed by atoms with Crippen LogP contribution in [-0.4, -0.2) is 51.4 Å². The normalized spacial score (nSPS) is 11.9. The van der Waals surface area contributed by atoms with Crippen LogP contribution in [0.5, 0.6) is 5.75 Å². The summed E-state index contributed by atoms with van der Waals surface area (Å²) in [4.78, 5) is 30.1. The van der Waals surface area contributed by atoms with Gasteiger partial charge in [0.2, 0.25) is 11.8 Å². The molecule has 4 aromatic rings. The lowest BCUT2D eigenvalue weighted by molar-refractivity contribution is -0.140. The van der Waals surface area contributed by atoms with Gasteiger partial charge in [0.15, 0.2) is 0 Å². The Morgan fingerprint density at radius 1 is 0.894 bits per heavy atom. The maximum atomic E-state index is 14.6. The highest BCUT2D eigenvalue weighted by molar-refractivity contribution is 7.92. The number of sulfonamides is 1. The lowest BCUT2D eigenvalue weighted by Gasteiger charge is -2.34. The van der Waals surface area contributed by atoms with Gasteiger partial charge in [-0.15, -0.1) is 0 Å². The van der Waals surface area contributed by atoms with Crippen LogP contribution in [0.3, 0.4) is 0 Å². The Bertz CT molecular complexity index is 1760. The second-order valence-electron chi connectivity index (χ2n) is 11.5. The predicted molar refractivity (Wildman–Crippen MR) is 187 cm³/mol. The van der Waals surface area contributed by atoms with Crippen LogP contribution in [0, 0.1) is 13.8 Å². The molecule has 0 saturated carbocycles. The first-order chi connectivity index (χ1) is 22.5. The Labute approximate surface area is 283 Å². The van der Waals surface area contributed by atoms with Crippen molar-refractivity contribution < 1.29 is 22.7 Å². The van der Waals surface area contributed by atoms with Gasteiger partial charge in [0.25, 0.3) is 10.0 Å². The number of methoxy groups -OCH3 is 1. The number of carbonyl (C=O) groups is 2. The van der Waals surface area contributed by atoms with Crippen LogP contribution in [0.1, 0.15) is 42.0 Å². The zero-order valence-electron chi connectivity index (χ0n) is 27.3. The van der Waals surface area contributed by atoms with E-state index in [0.29, 0.717) is 28.6 Å². The van der Waals surface area contributed by atoms with Gasteiger partial charge < -0.3 is 15.0 Å². The topological polar surface area (TPSA) is 96.0 Å². The fraction of sp³-hybridized carbons (Fsp3) is 0.297. The largest absolute Gasteiger partial charge is 0.497 e. The van der Waals surface area contributed by atoms with E-state index < -0.39 is 28.5 Å². The number of nitrogens with zero attached hydrogens (tertiary/aromatic N) is 2. The molecule has 0 aliphatic heterocycles. The molecule has 0 heterocycles. The molecule has 0 fully saturated rings. The van der Waals surface area contributed by atoms with Crippen LogP contribution >= 0.6 is 11.6 Å². The lowest BCUT2D eigenvalue weighted by Crippen LogP contribution is -2.53. The quantitative estimate of drug-likeness (QED) is 0.141. The average Bonchev–Trinajstić information content (AvgIpc) is 3.06. The Morgan fingerprint density at radius 3 is 2.26 bits per heavy atom. The van der Waals surface area contributed by atoms with Crippen molar-refractivity contribution >= 4 is 39.1 Å². The zero-order chi connectivity index (χ0) is 34.0. The smallest absolute Gasteiger partial charge is 0.264 e. The van der Waals surface area contributed by atoms with Crippen molar-refractivity contribution in [2.24, 2.45) is 0 Å². The minimum absolute atomic E-state index is 0.0442. The maximum Gasteiger partial charge on any atom is 0.264 e. The molecule has 0 saturated heterocycles. The number of rotatable bonds is 15. The minimum Gasteiger partial charge on any atom is -0.497 e. The van der Waals surface area contributed by atoms with Crippen molar-refractivity contribution in [1.29, 1.82) is 0 Å². The molecule has 0 unspecified atom stereocenters. The van der Waals surface area contributed by atoms with Gasteiger partial charge >= 0.3 is 0 Å². The average molecular weight is 676 g/mol. The Hall–Kier alpha value is -4.34. The van der Waals surface area contributed by atoms with Crippen LogP contribution in [-0.2, 0) is 32.6 Å². The molecule has 4 rings (SSSR count). The molecule has 1 atom stereocenters. The second kappa shape index (κ2) is 16.5. The first-order valence-corrected chi connectivity index (χ1v) is 17.4. The number of hydrogen-bond acceptors (Lipinski definition) is 5. The van der Waals surface area contributed by atoms with Crippen molar-refractivity contribution in [1.82, 2.24) is 10.2 Å². The van der Waals surface area contributed by atoms with Gasteiger partial charge in [0, 0.05) is 24.5 Å². The Balaban J connectivity index is 1.82. The highest BCUT2D eigenvalue weighted by Crippen LogP contribution is 2.30. The molecule has 2 amide bonds. The second-order valence-corrected chi connectivity index (χ2v) is 13.8. The zero-order valence-corrected chi connectivity index (χ0v) is 28.9. The van der Waals surface area contributed by atoms with Crippen molar-refractivity contribution in [2.45, 2.75) is 57.5 Å². The number of benzene rings is 4. The summed E-state index contributed by atoms with van der Waals surface area (Å²) in [5.74, 6) is -0.249. The summed E-state index contributed by atoms with van der Waals surface area (Å²) in [5, 5.41) is 3.45. The monoisotopic (exact) mass is 675 g/mol. The van der Waals surface area contributed by atoms with Crippen molar-refractivity contribution in [3.63, 3.8) is 0 Å². The van der Waals surface area contributed by atoms with E-state index in [4.69, 9.17) is 16.3 Å². The lowest BCUT2D eigenvalue weighted by atomic mass is 10.0. The van der Waals surface area contributed by atoms with E-state index in [9.17, 15) is 18.0 Å². The molecular weight excluding hydrogens is 634 g/mol. The van der Waals surface area contributed by atoms with Crippen LogP contribution in [0.4, 0.5) is 5.69 Å². The molecule has 0 aromatic heterocycles. The molecule has 1 N–H and O–H groups in total. The number of anilines is 1. The van der Waals surface area contributed by atoms with Gasteiger partial charge in [0.1, 0.15) is 18.3 Å². The molecule has 248 valence electrons. The van der Waals surface area contributed by atoms with Gasteiger partial charge in [0.05, 0.1) is 17.7 Å². The molecule has 0 radical (unpaired) electrons. The Morgan fingerprint density at radius 2 is 1.60 bits per heavy atom. The third-order valence-electron chi connectivity index (χ3n) is 7.90. The van der Waals surface area contributed by atoms with Crippen molar-refractivity contribution in [3.8, 4) is 5.75 Å². The number of carbonyl (C=O) groups excluding carboxylic acids is 2. The summed E-state index contributed by atoms with van der Waals surface area (Å²) in [5.41, 5.74) is 3.39. The molecule has 10 heteroatoms. The number of aryl methyl sites for hydroxylation is 2. The highest BCUT2D eigenvalue weighted by Gasteiger charge is 2.35. The summed E-state index contributed by atoms with van der Waals surface area (Å²) in [6.07, 6.45) is 1.91. The standard InChI is InChI=1S/C37H42ClN3O5S/c1-5-6-21-39-37(43)35(24-29-11-8-7-9-12-29)40(25-30-13-10-14-32(23-30)46-4)36(42)26-41(34-20-17-31(38)22-28(34)3)47(44,45)33-18-15-27(2)16-19-33/h7-20,22-23,35H,5-6,21,24-26H2,1-4H3,(H,39,43)/t35-/m1/s1. The van der Waals surface area contributed by atoms with E-state index in [1.165, 1.54) is 17.0 Å². The van der Waals surface area contributed by atoms with Gasteiger partial charge in [-0.25, -0.2) is 8.42 Å². The van der Waals surface area contributed by atoms with Gasteiger partial charge in [-0.05, 0) is 79.4 Å². The summed E-state index contributed by atoms with van der Waals surface area (Å²) in [6, 6.07) is 27.2. The minimum atomic E-state index is -4.22. The number of halogens is 1. The van der Waals surface area contributed by atoms with E-state index in [1.54, 1.807) is 56.5 Å². The van der Waals surface area contributed by atoms with Gasteiger partial charge in [-0.1, -0.05) is 85.1 Å². The van der Waals surface area contributed by atoms with Crippen LogP contribution in [0.25, 0.3) is 0 Å². The molecular formula is C37H42ClN3O5S. The van der Waals surface area contributed by atoms with Crippen molar-refractivity contribution in [3.05, 3.63) is 124 Å². The molecule has 4 aromatic carbocycles. The molecule has 0 aliphatic carbocycles. The molecule has 47 heavy (non-hydrogen) atoms. The number of unbranched alkanes of at least 4 members (excludes halogenated alkanes) is 1. The summed E-state index contributed by atoms with van der Waals surface area (Å²) in [6.45, 7) is 5.61. The van der Waals surface area contributed by atoms with Gasteiger partial charge in [-0.3, -0.25) is 13.9 Å². The first kappa shape index (κ1) is 35.5. The van der Waals surface area contributed by atoms with Crippen molar-refractivity contribution in [2.75, 3.05) is 24.5 Å². The third-order valence-corrected chi connectivity index (χ3v) is 9.91. The van der Waals surface area contributed by atoms with E-state index >= 15 is 0 Å². The summed E-state index contributed by atoms with van der Waals surface area (Å²) >= 11 is 6.25. The summed E-state index contributed by atoms with van der Waals surface area (Å²) in [7, 11) is -2.66. The molecule has 0 bridgehead atoms. The van der Waals surface area contributed by atoms with Crippen LogP contribution in [0.2, 0.25) is 5.02 Å². The van der Waals surface area contributed by atoms with E-state index in [1.807, 2.05) is 56.3 Å². The molecule has 0 spiro atoms. The number of nitrogens with one attached hydrogen (secondary N) is 1. The third kappa shape index (κ3) is 9.36. The van der Waals surface area contributed by atoms with E-state index in [-0.39, 0.29) is 23.8 Å². The SMILES string of the molecule is CCCCNC(=O)[C@@H](Cc1ccccc1)N(Cc1cccc(OC)c1)C(=O)CN(c1ccc(Cl)cc1C)S(=O)(=O)c1ccc(C)cc1. The van der Waals surface area contributed by atoms with E-state index in [2.05, 4.69) is 5.32 Å². The van der Waals surface area contributed by atoms with Crippen LogP contribution < -0.4 is 14.4 Å². The maximum absolute atomic E-state index is 14.6. The number of hydrogen-bond donors (Lipinski definition) is 1. The number of ether oxygens (including phenoxy) is 1. The van der Waals surface area contributed by atoms with E-state index in [0.717, 1.165) is 33.8 Å². The summed E-state index contributed by atoms with van der Waals surface area (Å²) < 4.78 is 35.1. The highest BCUT2D eigenvalue weighted by atomic mass is 35.5. The first-order valence-electron chi connectivity index (χ1n) is 15.6. The predicted octanol–water partition coefficient (Wildman–Crippen LogP) is 6.72. The Kier molecular flexibility index (Phi) is 12.4. The number of amides is 2. The molecule has 8 nitrogen and oxygen atoms in total. The fourth-order valence-electron chi connectivity index (χ4n) is 5.28.